The third-order valence-corrected chi connectivity index (χ3v) is 5.25. The van der Waals surface area contributed by atoms with Crippen LogP contribution in [0.1, 0.15) is 67.2 Å². The predicted molar refractivity (Wildman–Crippen MR) is 113 cm³/mol. The first-order valence-electron chi connectivity index (χ1n) is 9.97. The number of halogens is 1. The van der Waals surface area contributed by atoms with Crippen molar-refractivity contribution >= 4 is 35.3 Å². The van der Waals surface area contributed by atoms with E-state index in [1.165, 1.54) is 0 Å². The predicted octanol–water partition coefficient (Wildman–Crippen LogP) is 2.54. The first-order valence-corrected chi connectivity index (χ1v) is 9.97. The van der Waals surface area contributed by atoms with E-state index >= 15 is 0 Å². The van der Waals surface area contributed by atoms with E-state index in [9.17, 15) is 9.59 Å². The molecule has 3 rings (SSSR count). The lowest BCUT2D eigenvalue weighted by Crippen LogP contribution is -2.49. The molecule has 3 N–H and O–H groups in total. The Labute approximate surface area is 177 Å². The van der Waals surface area contributed by atoms with Gasteiger partial charge < -0.3 is 20.5 Å². The van der Waals surface area contributed by atoms with Gasteiger partial charge in [0.05, 0.1) is 16.6 Å². The lowest BCUT2D eigenvalue weighted by atomic mass is 9.98. The second-order valence-corrected chi connectivity index (χ2v) is 7.69. The van der Waals surface area contributed by atoms with Crippen LogP contribution in [0.25, 0.3) is 11.1 Å². The molecule has 8 nitrogen and oxygen atoms in total. The van der Waals surface area contributed by atoms with Gasteiger partial charge in [-0.25, -0.2) is 4.98 Å². The molecule has 3 heterocycles. The van der Waals surface area contributed by atoms with Crippen molar-refractivity contribution in [3.8, 4) is 0 Å². The second-order valence-electron chi connectivity index (χ2n) is 7.69. The van der Waals surface area contributed by atoms with Gasteiger partial charge in [-0.1, -0.05) is 19.0 Å². The smallest absolute Gasteiger partial charge is 0.259 e. The topological polar surface area (TPSA) is 114 Å². The number of rotatable bonds is 6. The first kappa shape index (κ1) is 23.1. The third-order valence-electron chi connectivity index (χ3n) is 5.25. The molecular weight excluding hydrogens is 394 g/mol. The molecule has 0 radical (unpaired) electrons. The van der Waals surface area contributed by atoms with Crippen molar-refractivity contribution in [2.75, 3.05) is 19.6 Å². The maximum absolute atomic E-state index is 13.5. The summed E-state index contributed by atoms with van der Waals surface area (Å²) in [4.78, 5) is 31.7. The van der Waals surface area contributed by atoms with E-state index in [0.717, 1.165) is 25.0 Å². The molecule has 2 aromatic rings. The number of aromatic nitrogens is 2. The van der Waals surface area contributed by atoms with E-state index < -0.39 is 0 Å². The van der Waals surface area contributed by atoms with Gasteiger partial charge in [0.25, 0.3) is 11.6 Å². The minimum Gasteiger partial charge on any atom is -0.354 e. The maximum atomic E-state index is 13.5. The average Bonchev–Trinajstić information content (AvgIpc) is 3.06. The van der Waals surface area contributed by atoms with Gasteiger partial charge in [0.1, 0.15) is 0 Å². The summed E-state index contributed by atoms with van der Waals surface area (Å²) in [5, 5.41) is 7.59. The fraction of sp³-hybridized carbons (Fsp3) is 0.600. The number of likely N-dealkylation sites (tertiary alicyclic amines) is 1. The number of piperidine rings is 1. The Morgan fingerprint density at radius 2 is 2.14 bits per heavy atom. The molecule has 9 heteroatoms. The average molecular weight is 424 g/mol. The lowest BCUT2D eigenvalue weighted by molar-refractivity contribution is -0.121. The van der Waals surface area contributed by atoms with Gasteiger partial charge in [-0.2, -0.15) is 0 Å². The van der Waals surface area contributed by atoms with Crippen molar-refractivity contribution in [3.63, 3.8) is 0 Å². The molecule has 1 fully saturated rings. The standard InChI is InChI=1S/C20H29N5O3.ClH/c1-12(2)16-10-15(18-13(3)24-28-19(18)23-16)20(27)25-9-5-4-6-14(25)11-22-17(26)7-8-21;/h10,12,14H,4-9,11,21H2,1-3H3,(H,22,26);1H. The van der Waals surface area contributed by atoms with Crippen LogP contribution >= 0.6 is 12.4 Å². The Morgan fingerprint density at radius 3 is 2.83 bits per heavy atom. The summed E-state index contributed by atoms with van der Waals surface area (Å²) in [5.41, 5.74) is 7.88. The summed E-state index contributed by atoms with van der Waals surface area (Å²) in [6, 6.07) is 1.83. The molecule has 29 heavy (non-hydrogen) atoms. The minimum absolute atomic E-state index is 0. The van der Waals surface area contributed by atoms with E-state index in [1.54, 1.807) is 0 Å². The molecule has 0 saturated carbocycles. The van der Waals surface area contributed by atoms with Crippen molar-refractivity contribution < 1.29 is 14.1 Å². The molecule has 2 aromatic heterocycles. The largest absolute Gasteiger partial charge is 0.354 e. The highest BCUT2D eigenvalue weighted by molar-refractivity contribution is 6.06. The van der Waals surface area contributed by atoms with E-state index in [-0.39, 0.29) is 36.2 Å². The van der Waals surface area contributed by atoms with E-state index in [4.69, 9.17) is 10.3 Å². The van der Waals surface area contributed by atoms with Gasteiger partial charge in [0.15, 0.2) is 0 Å². The maximum Gasteiger partial charge on any atom is 0.259 e. The van der Waals surface area contributed by atoms with Gasteiger partial charge in [0.2, 0.25) is 5.91 Å². The number of aryl methyl sites for hydroxylation is 1. The number of carbonyl (C=O) groups is 2. The molecule has 1 aliphatic rings. The summed E-state index contributed by atoms with van der Waals surface area (Å²) < 4.78 is 5.35. The van der Waals surface area contributed by atoms with Crippen LogP contribution in [0.4, 0.5) is 0 Å². The number of nitrogens with zero attached hydrogens (tertiary/aromatic N) is 3. The zero-order valence-electron chi connectivity index (χ0n) is 17.2. The number of amides is 2. The number of fused-ring (bicyclic) bond motifs is 1. The van der Waals surface area contributed by atoms with Gasteiger partial charge in [-0.15, -0.1) is 12.4 Å². The Morgan fingerprint density at radius 1 is 1.38 bits per heavy atom. The third kappa shape index (κ3) is 5.05. The van der Waals surface area contributed by atoms with Crippen LogP contribution in [0.15, 0.2) is 10.6 Å². The van der Waals surface area contributed by atoms with Crippen molar-refractivity contribution in [2.24, 2.45) is 5.73 Å². The van der Waals surface area contributed by atoms with Crippen LogP contribution in [0.2, 0.25) is 0 Å². The highest BCUT2D eigenvalue weighted by Gasteiger charge is 2.30. The van der Waals surface area contributed by atoms with Gasteiger partial charge in [-0.3, -0.25) is 9.59 Å². The van der Waals surface area contributed by atoms with Gasteiger partial charge in [0, 0.05) is 37.8 Å². The Hall–Kier alpha value is -2.19. The number of nitrogens with one attached hydrogen (secondary N) is 1. The van der Waals surface area contributed by atoms with Crippen LogP contribution < -0.4 is 11.1 Å². The van der Waals surface area contributed by atoms with E-state index in [1.807, 2.05) is 31.7 Å². The highest BCUT2D eigenvalue weighted by Crippen LogP contribution is 2.28. The van der Waals surface area contributed by atoms with E-state index in [2.05, 4.69) is 15.5 Å². The molecule has 1 unspecified atom stereocenters. The molecule has 0 spiro atoms. The zero-order chi connectivity index (χ0) is 20.3. The van der Waals surface area contributed by atoms with Crippen molar-refractivity contribution in [3.05, 3.63) is 23.0 Å². The summed E-state index contributed by atoms with van der Waals surface area (Å²) in [5.74, 6) is 0.0242. The second kappa shape index (κ2) is 10.0. The fourth-order valence-corrected chi connectivity index (χ4v) is 3.66. The van der Waals surface area contributed by atoms with Crippen LogP contribution in [0.3, 0.4) is 0 Å². The Bertz CT molecular complexity index is 867. The lowest BCUT2D eigenvalue weighted by Gasteiger charge is -2.36. The summed E-state index contributed by atoms with van der Waals surface area (Å²) in [7, 11) is 0. The molecule has 1 atom stereocenters. The van der Waals surface area contributed by atoms with E-state index in [0.29, 0.717) is 48.4 Å². The number of hydrogen-bond acceptors (Lipinski definition) is 6. The van der Waals surface area contributed by atoms with Gasteiger partial charge in [-0.05, 0) is 38.2 Å². The SMILES string of the molecule is Cc1noc2nc(C(C)C)cc(C(=O)N3CCCCC3CNC(=O)CCN)c12.Cl. The molecular formula is C20H30ClN5O3. The van der Waals surface area contributed by atoms with Crippen molar-refractivity contribution in [1.29, 1.82) is 0 Å². The molecule has 160 valence electrons. The number of carbonyl (C=O) groups excluding carboxylic acids is 2. The fourth-order valence-electron chi connectivity index (χ4n) is 3.66. The summed E-state index contributed by atoms with van der Waals surface area (Å²) in [6.45, 7) is 7.31. The summed E-state index contributed by atoms with van der Waals surface area (Å²) in [6.07, 6.45) is 3.15. The normalized spacial score (nSPS) is 16.7. The summed E-state index contributed by atoms with van der Waals surface area (Å²) >= 11 is 0. The van der Waals surface area contributed by atoms with Crippen LogP contribution in [0.5, 0.6) is 0 Å². The molecule has 0 aliphatic carbocycles. The highest BCUT2D eigenvalue weighted by atomic mass is 35.5. The Kier molecular flexibility index (Phi) is 7.98. The van der Waals surface area contributed by atoms with Crippen LogP contribution in [0, 0.1) is 6.92 Å². The first-order chi connectivity index (χ1) is 13.4. The minimum atomic E-state index is -0.0799. The van der Waals surface area contributed by atoms with Crippen LogP contribution in [-0.2, 0) is 4.79 Å². The van der Waals surface area contributed by atoms with Crippen molar-refractivity contribution in [2.45, 2.75) is 58.4 Å². The molecule has 1 saturated heterocycles. The Balaban J connectivity index is 0.00000300. The number of nitrogens with two attached hydrogens (primary N) is 1. The molecule has 0 bridgehead atoms. The van der Waals surface area contributed by atoms with Crippen molar-refractivity contribution in [1.82, 2.24) is 20.4 Å². The molecule has 1 aliphatic heterocycles. The number of pyridine rings is 1. The number of hydrogen-bond donors (Lipinski definition) is 2. The van der Waals surface area contributed by atoms with Crippen LogP contribution in [-0.4, -0.2) is 52.5 Å². The monoisotopic (exact) mass is 423 g/mol. The quantitative estimate of drug-likeness (QED) is 0.737. The molecule has 2 amide bonds. The zero-order valence-corrected chi connectivity index (χ0v) is 18.1. The van der Waals surface area contributed by atoms with Gasteiger partial charge >= 0.3 is 0 Å². The molecule has 0 aromatic carbocycles.